The molecule has 1 aliphatic heterocycles. The third-order valence-electron chi connectivity index (χ3n) is 5.08. The van der Waals surface area contributed by atoms with Crippen LogP contribution >= 0.6 is 0 Å². The Hall–Kier alpha value is -3.82. The molecule has 6 heteroatoms. The van der Waals surface area contributed by atoms with Gasteiger partial charge in [0.1, 0.15) is 30.8 Å². The molecule has 0 saturated carbocycles. The second-order valence-electron chi connectivity index (χ2n) is 6.91. The fourth-order valence-electron chi connectivity index (χ4n) is 3.65. The second-order valence-corrected chi connectivity index (χ2v) is 6.91. The Balaban J connectivity index is 2.15. The molecule has 0 aliphatic carbocycles. The van der Waals surface area contributed by atoms with Crippen molar-refractivity contribution in [2.75, 3.05) is 7.05 Å². The average molecular weight is 385 g/mol. The van der Waals surface area contributed by atoms with E-state index in [0.717, 1.165) is 5.69 Å². The monoisotopic (exact) mass is 385 g/mol. The van der Waals surface area contributed by atoms with E-state index >= 15 is 0 Å². The number of pyridine rings is 1. The Kier molecular flexibility index (Phi) is 4.45. The van der Waals surface area contributed by atoms with E-state index in [9.17, 15) is 14.4 Å². The minimum absolute atomic E-state index is 0.174. The molecule has 2 aromatic carbocycles. The standard InChI is InChI=1S/C23H18FN4O/c1-3-11-27-21(15-25)22(16-6-4-7-17(24)13-16)20-14-18(8-9-19(20)23(27)29)28(2)12-5-10-26-28/h3-10,12-14H,1,11H2,2H3/q+1. The molecule has 0 spiro atoms. The lowest BCUT2D eigenvalue weighted by atomic mass is 9.96. The first-order valence-electron chi connectivity index (χ1n) is 9.06. The van der Waals surface area contributed by atoms with E-state index in [0.29, 0.717) is 21.9 Å². The van der Waals surface area contributed by atoms with E-state index in [4.69, 9.17) is 0 Å². The summed E-state index contributed by atoms with van der Waals surface area (Å²) < 4.78 is 15.6. The van der Waals surface area contributed by atoms with Gasteiger partial charge in [0, 0.05) is 41.1 Å². The molecule has 1 unspecified atom stereocenters. The maximum Gasteiger partial charge on any atom is 0.259 e. The normalized spacial score (nSPS) is 17.6. The van der Waals surface area contributed by atoms with Crippen LogP contribution in [0.25, 0.3) is 21.9 Å². The molecule has 142 valence electrons. The lowest BCUT2D eigenvalue weighted by Gasteiger charge is -2.21. The highest BCUT2D eigenvalue weighted by molar-refractivity contribution is 6.00. The Labute approximate surface area is 167 Å². The van der Waals surface area contributed by atoms with Gasteiger partial charge in [-0.15, -0.1) is 11.2 Å². The van der Waals surface area contributed by atoms with Crippen molar-refractivity contribution in [3.63, 3.8) is 0 Å². The van der Waals surface area contributed by atoms with Gasteiger partial charge in [0.2, 0.25) is 0 Å². The van der Waals surface area contributed by atoms with Crippen LogP contribution in [0.5, 0.6) is 0 Å². The third kappa shape index (κ3) is 2.98. The van der Waals surface area contributed by atoms with Gasteiger partial charge in [-0.05, 0) is 23.8 Å². The van der Waals surface area contributed by atoms with E-state index in [1.165, 1.54) is 16.7 Å². The lowest BCUT2D eigenvalue weighted by molar-refractivity contribution is 0.485. The van der Waals surface area contributed by atoms with Crippen LogP contribution in [-0.2, 0) is 6.54 Å². The molecule has 0 saturated heterocycles. The number of hydrogen-bond acceptors (Lipinski definition) is 3. The maximum atomic E-state index is 14.0. The minimum Gasteiger partial charge on any atom is -0.295 e. The smallest absolute Gasteiger partial charge is 0.259 e. The van der Waals surface area contributed by atoms with E-state index in [-0.39, 0.29) is 22.4 Å². The lowest BCUT2D eigenvalue weighted by Crippen LogP contribution is -2.30. The summed E-state index contributed by atoms with van der Waals surface area (Å²) in [4.78, 5) is 13.1. The van der Waals surface area contributed by atoms with Gasteiger partial charge in [0.15, 0.2) is 5.69 Å². The summed E-state index contributed by atoms with van der Waals surface area (Å²) in [6.07, 6.45) is 7.03. The maximum absolute atomic E-state index is 14.0. The molecule has 5 nitrogen and oxygen atoms in total. The molecule has 0 amide bonds. The van der Waals surface area contributed by atoms with Crippen molar-refractivity contribution in [1.29, 1.82) is 5.26 Å². The summed E-state index contributed by atoms with van der Waals surface area (Å²) in [6, 6.07) is 13.6. The molecule has 1 atom stereocenters. The van der Waals surface area contributed by atoms with Gasteiger partial charge in [-0.3, -0.25) is 9.36 Å². The number of nitriles is 1. The van der Waals surface area contributed by atoms with Crippen molar-refractivity contribution in [2.45, 2.75) is 6.54 Å². The van der Waals surface area contributed by atoms with Crippen LogP contribution in [0.3, 0.4) is 0 Å². The van der Waals surface area contributed by atoms with E-state index in [2.05, 4.69) is 17.7 Å². The average Bonchev–Trinajstić information content (AvgIpc) is 3.17. The highest BCUT2D eigenvalue weighted by atomic mass is 19.1. The van der Waals surface area contributed by atoms with Crippen molar-refractivity contribution < 1.29 is 4.39 Å². The topological polar surface area (TPSA) is 58.1 Å². The van der Waals surface area contributed by atoms with Gasteiger partial charge in [-0.25, -0.2) is 4.39 Å². The molecule has 1 aliphatic rings. The first-order valence-corrected chi connectivity index (χ1v) is 9.06. The second kappa shape index (κ2) is 6.97. The number of fused-ring (bicyclic) bond motifs is 1. The summed E-state index contributed by atoms with van der Waals surface area (Å²) in [5.74, 6) is -0.414. The highest BCUT2D eigenvalue weighted by Crippen LogP contribution is 2.35. The zero-order valence-electron chi connectivity index (χ0n) is 15.8. The van der Waals surface area contributed by atoms with Crippen LogP contribution in [0.4, 0.5) is 10.1 Å². The van der Waals surface area contributed by atoms with Crippen molar-refractivity contribution >= 4 is 22.7 Å². The largest absolute Gasteiger partial charge is 0.295 e. The molecule has 1 aromatic heterocycles. The van der Waals surface area contributed by atoms with Gasteiger partial charge < -0.3 is 0 Å². The number of nitrogens with zero attached hydrogens (tertiary/aromatic N) is 4. The van der Waals surface area contributed by atoms with Gasteiger partial charge in [-0.1, -0.05) is 23.3 Å². The number of quaternary nitrogens is 1. The fraction of sp³-hybridized carbons (Fsp3) is 0.0870. The Morgan fingerprint density at radius 3 is 2.76 bits per heavy atom. The number of hydrogen-bond donors (Lipinski definition) is 0. The number of rotatable bonds is 4. The van der Waals surface area contributed by atoms with Gasteiger partial charge >= 0.3 is 0 Å². The molecule has 4 rings (SSSR count). The zero-order chi connectivity index (χ0) is 20.6. The van der Waals surface area contributed by atoms with E-state index in [1.54, 1.807) is 30.5 Å². The molecular formula is C23H18FN4O+. The molecule has 0 bridgehead atoms. The molecule has 3 aromatic rings. The van der Waals surface area contributed by atoms with Crippen molar-refractivity contribution in [3.05, 3.63) is 89.3 Å². The van der Waals surface area contributed by atoms with Gasteiger partial charge in [0.25, 0.3) is 5.56 Å². The van der Waals surface area contributed by atoms with Crippen LogP contribution in [0, 0.1) is 17.1 Å². The number of aromatic nitrogens is 1. The Bertz CT molecular complexity index is 1300. The molecule has 2 heterocycles. The summed E-state index contributed by atoms with van der Waals surface area (Å²) in [5.41, 5.74) is 1.76. The van der Waals surface area contributed by atoms with Gasteiger partial charge in [-0.2, -0.15) is 5.26 Å². The SMILES string of the molecule is C=CCn1c(C#N)c(-c2cccc(F)c2)c2cc([N+]3(C)C=CC=N3)ccc2c1=O. The summed E-state index contributed by atoms with van der Waals surface area (Å²) >= 11 is 0. The predicted molar refractivity (Wildman–Crippen MR) is 114 cm³/mol. The van der Waals surface area contributed by atoms with Crippen LogP contribution in [-0.4, -0.2) is 17.8 Å². The summed E-state index contributed by atoms with van der Waals surface area (Å²) in [6.45, 7) is 3.87. The predicted octanol–water partition coefficient (Wildman–Crippen LogP) is 4.32. The van der Waals surface area contributed by atoms with E-state index in [1.807, 2.05) is 31.5 Å². The molecule has 0 N–H and O–H groups in total. The number of halogens is 1. The van der Waals surface area contributed by atoms with Crippen LogP contribution < -0.4 is 10.2 Å². The van der Waals surface area contributed by atoms with Crippen LogP contribution in [0.1, 0.15) is 5.69 Å². The van der Waals surface area contributed by atoms with Crippen LogP contribution in [0.2, 0.25) is 0 Å². The fourth-order valence-corrected chi connectivity index (χ4v) is 3.65. The quantitative estimate of drug-likeness (QED) is 0.496. The van der Waals surface area contributed by atoms with E-state index < -0.39 is 5.82 Å². The molecule has 29 heavy (non-hydrogen) atoms. The zero-order valence-corrected chi connectivity index (χ0v) is 15.8. The molecule has 0 fully saturated rings. The van der Waals surface area contributed by atoms with Crippen molar-refractivity contribution in [1.82, 2.24) is 9.16 Å². The van der Waals surface area contributed by atoms with Crippen molar-refractivity contribution in [3.8, 4) is 17.2 Å². The number of benzene rings is 2. The third-order valence-corrected chi connectivity index (χ3v) is 5.08. The van der Waals surface area contributed by atoms with Crippen LogP contribution in [0.15, 0.2) is 77.3 Å². The summed E-state index contributed by atoms with van der Waals surface area (Å²) in [5, 5.41) is 15.4. The first kappa shape index (κ1) is 18.5. The highest BCUT2D eigenvalue weighted by Gasteiger charge is 2.27. The van der Waals surface area contributed by atoms with Gasteiger partial charge in [0.05, 0.1) is 6.21 Å². The Morgan fingerprint density at radius 1 is 1.28 bits per heavy atom. The Morgan fingerprint density at radius 2 is 2.10 bits per heavy atom. The molecular weight excluding hydrogens is 367 g/mol. The van der Waals surface area contributed by atoms with Crippen molar-refractivity contribution in [2.24, 2.45) is 5.10 Å². The number of allylic oxidation sites excluding steroid dienone is 2. The minimum atomic E-state index is -0.414. The first-order chi connectivity index (χ1) is 14.0. The molecule has 0 radical (unpaired) electrons. The summed E-state index contributed by atoms with van der Waals surface area (Å²) in [7, 11) is 1.91.